The first kappa shape index (κ1) is 14.9. The predicted molar refractivity (Wildman–Crippen MR) is 61.4 cm³/mol. The molecule has 0 fully saturated rings. The van der Waals surface area contributed by atoms with Crippen LogP contribution < -0.4 is 0 Å². The molecule has 2 rings (SSSR count). The average Bonchev–Trinajstić information content (AvgIpc) is 2.39. The molecule has 19 heavy (non-hydrogen) atoms. The molecule has 0 aliphatic heterocycles. The number of rotatable bonds is 3. The molecule has 0 unspecified atom stereocenters. The summed E-state index contributed by atoms with van der Waals surface area (Å²) in [5, 5.41) is 17.7. The Balaban J connectivity index is 0.00000180. The summed E-state index contributed by atoms with van der Waals surface area (Å²) < 4.78 is 0. The number of hydrogen-bond donors (Lipinski definition) is 2. The fourth-order valence-corrected chi connectivity index (χ4v) is 1.41. The summed E-state index contributed by atoms with van der Waals surface area (Å²) in [5.41, 5.74) is 0.779. The van der Waals surface area contributed by atoms with Gasteiger partial charge in [-0.3, -0.25) is 9.97 Å². The van der Waals surface area contributed by atoms with Gasteiger partial charge in [-0.1, -0.05) is 0 Å². The number of aromatic nitrogens is 2. The maximum Gasteiger partial charge on any atom is 3.00 e. The van der Waals surface area contributed by atoms with E-state index < -0.39 is 11.9 Å². The maximum absolute atomic E-state index is 10.8. The van der Waals surface area contributed by atoms with Crippen LogP contribution in [0, 0.1) is 0 Å². The zero-order valence-corrected chi connectivity index (χ0v) is 11.8. The first-order valence-electron chi connectivity index (χ1n) is 4.97. The van der Waals surface area contributed by atoms with Gasteiger partial charge in [0.2, 0.25) is 0 Å². The van der Waals surface area contributed by atoms with Crippen LogP contribution in [-0.4, -0.2) is 32.1 Å². The number of hydrogen-bond acceptors (Lipinski definition) is 4. The molecule has 0 radical (unpaired) electrons. The van der Waals surface area contributed by atoms with Gasteiger partial charge < -0.3 is 10.2 Å². The van der Waals surface area contributed by atoms with Gasteiger partial charge in [0, 0.05) is 12.4 Å². The Labute approximate surface area is 121 Å². The zero-order valence-electron chi connectivity index (χ0n) is 9.40. The van der Waals surface area contributed by atoms with Crippen molar-refractivity contribution in [2.24, 2.45) is 0 Å². The van der Waals surface area contributed by atoms with Crippen LogP contribution in [0.15, 0.2) is 36.7 Å². The number of carboxylic acids is 2. The summed E-state index contributed by atoms with van der Waals surface area (Å²) in [6.45, 7) is 0. The second-order valence-electron chi connectivity index (χ2n) is 3.47. The smallest absolute Gasteiger partial charge is 0.478 e. The molecule has 0 amide bonds. The van der Waals surface area contributed by atoms with E-state index in [1.165, 1.54) is 36.7 Å². The van der Waals surface area contributed by atoms with E-state index >= 15 is 0 Å². The standard InChI is InChI=1S/C12H8N2O4.Ir/c15-11(16)7-1-3-13-9(5-7)10-6-8(12(17)18)2-4-14-10;/h1-6H,(H,15,16)(H,17,18);/q;+3. The van der Waals surface area contributed by atoms with Crippen molar-refractivity contribution >= 4 is 11.9 Å². The second-order valence-corrected chi connectivity index (χ2v) is 3.47. The molecule has 96 valence electrons. The van der Waals surface area contributed by atoms with Crippen molar-refractivity contribution in [2.45, 2.75) is 0 Å². The molecule has 0 spiro atoms. The van der Waals surface area contributed by atoms with Crippen LogP contribution in [-0.2, 0) is 20.1 Å². The fraction of sp³-hybridized carbons (Fsp3) is 0. The Bertz CT molecular complexity index is 575. The van der Waals surface area contributed by atoms with Crippen molar-refractivity contribution in [2.75, 3.05) is 0 Å². The van der Waals surface area contributed by atoms with Crippen molar-refractivity contribution in [3.05, 3.63) is 47.8 Å². The predicted octanol–water partition coefficient (Wildman–Crippen LogP) is 1.54. The number of nitrogens with zero attached hydrogens (tertiary/aromatic N) is 2. The molecule has 2 N–H and O–H groups in total. The van der Waals surface area contributed by atoms with Gasteiger partial charge >= 0.3 is 32.0 Å². The number of aromatic carboxylic acids is 2. The van der Waals surface area contributed by atoms with Gasteiger partial charge in [0.25, 0.3) is 0 Å². The number of carboxylic acid groups (broad SMARTS) is 2. The molecule has 0 aromatic carbocycles. The SMILES string of the molecule is O=C(O)c1ccnc(-c2cc(C(=O)O)ccn2)c1.[Ir+3]. The monoisotopic (exact) mass is 437 g/mol. The topological polar surface area (TPSA) is 100 Å². The molecule has 7 heteroatoms. The molecule has 0 aliphatic carbocycles. The van der Waals surface area contributed by atoms with E-state index in [0.29, 0.717) is 11.4 Å². The van der Waals surface area contributed by atoms with Gasteiger partial charge in [0.1, 0.15) is 0 Å². The third kappa shape index (κ3) is 3.43. The molecular weight excluding hydrogens is 428 g/mol. The van der Waals surface area contributed by atoms with Crippen LogP contribution in [0.1, 0.15) is 20.7 Å². The average molecular weight is 436 g/mol. The van der Waals surface area contributed by atoms with Crippen molar-refractivity contribution < 1.29 is 39.9 Å². The van der Waals surface area contributed by atoms with Crippen molar-refractivity contribution in [3.63, 3.8) is 0 Å². The van der Waals surface area contributed by atoms with Gasteiger partial charge in [-0.05, 0) is 24.3 Å². The van der Waals surface area contributed by atoms with Gasteiger partial charge in [-0.2, -0.15) is 0 Å². The molecule has 0 saturated carbocycles. The minimum atomic E-state index is -1.08. The van der Waals surface area contributed by atoms with Gasteiger partial charge in [0.15, 0.2) is 0 Å². The van der Waals surface area contributed by atoms with Crippen LogP contribution in [0.5, 0.6) is 0 Å². The van der Waals surface area contributed by atoms with E-state index in [-0.39, 0.29) is 31.2 Å². The van der Waals surface area contributed by atoms with Gasteiger partial charge in [0.05, 0.1) is 22.5 Å². The maximum atomic E-state index is 10.8. The molecule has 0 atom stereocenters. The molecule has 0 bridgehead atoms. The normalized spacial score (nSPS) is 9.47. The minimum Gasteiger partial charge on any atom is -0.478 e. The van der Waals surface area contributed by atoms with Crippen molar-refractivity contribution in [3.8, 4) is 11.4 Å². The van der Waals surface area contributed by atoms with Crippen molar-refractivity contribution in [1.82, 2.24) is 9.97 Å². The Kier molecular flexibility index (Phi) is 4.86. The molecule has 2 aromatic rings. The van der Waals surface area contributed by atoms with E-state index in [4.69, 9.17) is 10.2 Å². The molecule has 6 nitrogen and oxygen atoms in total. The summed E-state index contributed by atoms with van der Waals surface area (Å²) in [6.07, 6.45) is 2.68. The van der Waals surface area contributed by atoms with Crippen LogP contribution in [0.3, 0.4) is 0 Å². The molecule has 0 saturated heterocycles. The largest absolute Gasteiger partial charge is 3.00 e. The molecule has 2 aromatic heterocycles. The summed E-state index contributed by atoms with van der Waals surface area (Å²) >= 11 is 0. The van der Waals surface area contributed by atoms with E-state index in [0.717, 1.165) is 0 Å². The first-order valence-corrected chi connectivity index (χ1v) is 4.97. The van der Waals surface area contributed by atoms with E-state index in [2.05, 4.69) is 9.97 Å². The number of carbonyl (C=O) groups is 2. The van der Waals surface area contributed by atoms with E-state index in [9.17, 15) is 9.59 Å². The quantitative estimate of drug-likeness (QED) is 0.757. The van der Waals surface area contributed by atoms with E-state index in [1.807, 2.05) is 0 Å². The summed E-state index contributed by atoms with van der Waals surface area (Å²) in [5.74, 6) is -2.15. The fourth-order valence-electron chi connectivity index (χ4n) is 1.41. The Hall–Kier alpha value is -2.11. The summed E-state index contributed by atoms with van der Waals surface area (Å²) in [4.78, 5) is 29.6. The zero-order chi connectivity index (χ0) is 13.1. The van der Waals surface area contributed by atoms with Crippen LogP contribution in [0.4, 0.5) is 0 Å². The molecule has 2 heterocycles. The Morgan fingerprint density at radius 3 is 1.53 bits per heavy atom. The number of pyridine rings is 2. The van der Waals surface area contributed by atoms with E-state index in [1.54, 1.807) is 0 Å². The molecule has 0 aliphatic rings. The molecular formula is C12H8IrN2O4+3. The third-order valence-corrected chi connectivity index (χ3v) is 2.28. The van der Waals surface area contributed by atoms with Crippen molar-refractivity contribution in [1.29, 1.82) is 0 Å². The van der Waals surface area contributed by atoms with Gasteiger partial charge in [-0.15, -0.1) is 0 Å². The van der Waals surface area contributed by atoms with Gasteiger partial charge in [-0.25, -0.2) is 9.59 Å². The minimum absolute atomic E-state index is 0. The third-order valence-electron chi connectivity index (χ3n) is 2.28. The summed E-state index contributed by atoms with van der Waals surface area (Å²) in [6, 6.07) is 5.40. The Morgan fingerprint density at radius 1 is 0.842 bits per heavy atom. The second kappa shape index (κ2) is 6.17. The Morgan fingerprint density at radius 2 is 1.21 bits per heavy atom. The summed E-state index contributed by atoms with van der Waals surface area (Å²) in [7, 11) is 0. The first-order chi connectivity index (χ1) is 8.58. The van der Waals surface area contributed by atoms with Crippen LogP contribution in [0.2, 0.25) is 0 Å². The van der Waals surface area contributed by atoms with Crippen LogP contribution in [0.25, 0.3) is 11.4 Å². The van der Waals surface area contributed by atoms with Crippen LogP contribution >= 0.6 is 0 Å².